The lowest BCUT2D eigenvalue weighted by atomic mass is 10.0. The van der Waals surface area contributed by atoms with E-state index in [9.17, 15) is 0 Å². The van der Waals surface area contributed by atoms with Gasteiger partial charge in [-0.25, -0.2) is 9.97 Å². The molecule has 1 saturated heterocycles. The normalized spacial score (nSPS) is 19.5. The Morgan fingerprint density at radius 1 is 1.22 bits per heavy atom. The third-order valence-electron chi connectivity index (χ3n) is 4.62. The number of fused-ring (bicyclic) bond motifs is 1. The summed E-state index contributed by atoms with van der Waals surface area (Å²) in [5, 5.41) is 1.23. The SMILES string of the molecule is Cc1nc(CN2CCCCC2c2nc3ccccc3s2)oc1C. The van der Waals surface area contributed by atoms with Gasteiger partial charge < -0.3 is 4.42 Å². The van der Waals surface area contributed by atoms with Crippen molar-refractivity contribution in [1.29, 1.82) is 0 Å². The van der Waals surface area contributed by atoms with Gasteiger partial charge in [0.2, 0.25) is 5.89 Å². The maximum absolute atomic E-state index is 5.79. The number of oxazole rings is 1. The Morgan fingerprint density at radius 2 is 2.09 bits per heavy atom. The molecule has 4 rings (SSSR count). The summed E-state index contributed by atoms with van der Waals surface area (Å²) in [6.07, 6.45) is 3.67. The average molecular weight is 327 g/mol. The van der Waals surface area contributed by atoms with E-state index in [1.807, 2.05) is 25.2 Å². The molecule has 3 aromatic rings. The Hall–Kier alpha value is -1.72. The number of nitrogens with zero attached hydrogens (tertiary/aromatic N) is 3. The van der Waals surface area contributed by atoms with Crippen LogP contribution in [-0.4, -0.2) is 21.4 Å². The van der Waals surface area contributed by atoms with Crippen LogP contribution in [0.4, 0.5) is 0 Å². The van der Waals surface area contributed by atoms with Crippen LogP contribution in [-0.2, 0) is 6.54 Å². The predicted octanol–water partition coefficient (Wildman–Crippen LogP) is 4.63. The first-order chi connectivity index (χ1) is 11.2. The summed E-state index contributed by atoms with van der Waals surface area (Å²) < 4.78 is 7.06. The standard InChI is InChI=1S/C18H21N3OS/c1-12-13(2)22-17(19-12)11-21-10-6-5-8-15(21)18-20-14-7-3-4-9-16(14)23-18/h3-4,7,9,15H,5-6,8,10-11H2,1-2H3. The number of thiazole rings is 1. The molecule has 1 aromatic carbocycles. The quantitative estimate of drug-likeness (QED) is 0.703. The first-order valence-electron chi connectivity index (χ1n) is 8.23. The number of benzene rings is 1. The molecule has 2 aromatic heterocycles. The van der Waals surface area contributed by atoms with E-state index in [1.165, 1.54) is 29.0 Å². The van der Waals surface area contributed by atoms with Crippen LogP contribution in [0.1, 0.15) is 47.7 Å². The van der Waals surface area contributed by atoms with Crippen LogP contribution in [0.2, 0.25) is 0 Å². The summed E-state index contributed by atoms with van der Waals surface area (Å²) in [5.41, 5.74) is 2.11. The molecular formula is C18H21N3OS. The first kappa shape index (κ1) is 14.8. The number of aryl methyl sites for hydroxylation is 2. The Labute approximate surface area is 140 Å². The van der Waals surface area contributed by atoms with Crippen molar-refractivity contribution in [2.75, 3.05) is 6.54 Å². The minimum absolute atomic E-state index is 0.383. The summed E-state index contributed by atoms with van der Waals surface area (Å²) in [6, 6.07) is 8.78. The van der Waals surface area contributed by atoms with E-state index < -0.39 is 0 Å². The molecule has 0 radical (unpaired) electrons. The van der Waals surface area contributed by atoms with Gasteiger partial charge in [-0.15, -0.1) is 11.3 Å². The molecule has 5 heteroatoms. The zero-order chi connectivity index (χ0) is 15.8. The molecule has 1 aliphatic rings. The lowest BCUT2D eigenvalue weighted by Gasteiger charge is -2.33. The zero-order valence-corrected chi connectivity index (χ0v) is 14.4. The molecule has 0 aliphatic carbocycles. The van der Waals surface area contributed by atoms with E-state index in [4.69, 9.17) is 9.40 Å². The molecule has 0 bridgehead atoms. The first-order valence-corrected chi connectivity index (χ1v) is 9.05. The largest absolute Gasteiger partial charge is 0.444 e. The third kappa shape index (κ3) is 2.91. The van der Waals surface area contributed by atoms with Crippen molar-refractivity contribution in [3.05, 3.63) is 46.6 Å². The van der Waals surface area contributed by atoms with Gasteiger partial charge in [-0.1, -0.05) is 18.6 Å². The van der Waals surface area contributed by atoms with Gasteiger partial charge in [0.15, 0.2) is 0 Å². The number of hydrogen-bond donors (Lipinski definition) is 0. The molecule has 1 fully saturated rings. The molecule has 0 amide bonds. The molecule has 0 N–H and O–H groups in total. The van der Waals surface area contributed by atoms with Crippen molar-refractivity contribution in [2.24, 2.45) is 0 Å². The van der Waals surface area contributed by atoms with E-state index in [0.29, 0.717) is 6.04 Å². The third-order valence-corrected chi connectivity index (χ3v) is 5.76. The smallest absolute Gasteiger partial charge is 0.208 e. The van der Waals surface area contributed by atoms with E-state index >= 15 is 0 Å². The molecular weight excluding hydrogens is 306 g/mol. The molecule has 1 atom stereocenters. The van der Waals surface area contributed by atoms with Crippen molar-refractivity contribution in [3.63, 3.8) is 0 Å². The molecule has 0 spiro atoms. The minimum Gasteiger partial charge on any atom is -0.444 e. The fourth-order valence-electron chi connectivity index (χ4n) is 3.27. The van der Waals surface area contributed by atoms with Gasteiger partial charge >= 0.3 is 0 Å². The van der Waals surface area contributed by atoms with Gasteiger partial charge in [0, 0.05) is 0 Å². The molecule has 120 valence electrons. The van der Waals surface area contributed by atoms with E-state index in [-0.39, 0.29) is 0 Å². The topological polar surface area (TPSA) is 42.2 Å². The monoisotopic (exact) mass is 327 g/mol. The van der Waals surface area contributed by atoms with Crippen LogP contribution in [0.25, 0.3) is 10.2 Å². The highest BCUT2D eigenvalue weighted by Gasteiger charge is 2.28. The van der Waals surface area contributed by atoms with E-state index in [2.05, 4.69) is 34.1 Å². The van der Waals surface area contributed by atoms with Crippen LogP contribution >= 0.6 is 11.3 Å². The summed E-state index contributed by atoms with van der Waals surface area (Å²) in [4.78, 5) is 11.9. The Kier molecular flexibility index (Phi) is 3.91. The number of rotatable bonds is 3. The maximum Gasteiger partial charge on any atom is 0.208 e. The molecule has 3 heterocycles. The van der Waals surface area contributed by atoms with Crippen LogP contribution in [0.15, 0.2) is 28.7 Å². The van der Waals surface area contributed by atoms with Crippen molar-refractivity contribution in [2.45, 2.75) is 45.7 Å². The average Bonchev–Trinajstić information content (AvgIpc) is 3.11. The lowest BCUT2D eigenvalue weighted by Crippen LogP contribution is -2.33. The predicted molar refractivity (Wildman–Crippen MR) is 92.6 cm³/mol. The Morgan fingerprint density at radius 3 is 2.87 bits per heavy atom. The highest BCUT2D eigenvalue weighted by atomic mass is 32.1. The van der Waals surface area contributed by atoms with Gasteiger partial charge in [-0.05, 0) is 45.4 Å². The second kappa shape index (κ2) is 6.06. The maximum atomic E-state index is 5.79. The summed E-state index contributed by atoms with van der Waals surface area (Å²) >= 11 is 1.82. The summed E-state index contributed by atoms with van der Waals surface area (Å²) in [6.45, 7) is 5.84. The minimum atomic E-state index is 0.383. The fourth-order valence-corrected chi connectivity index (χ4v) is 4.41. The Balaban J connectivity index is 1.61. The van der Waals surface area contributed by atoms with Crippen LogP contribution in [0.5, 0.6) is 0 Å². The molecule has 0 saturated carbocycles. The molecule has 1 unspecified atom stereocenters. The van der Waals surface area contributed by atoms with E-state index in [1.54, 1.807) is 0 Å². The van der Waals surface area contributed by atoms with Gasteiger partial charge in [0.1, 0.15) is 10.8 Å². The highest BCUT2D eigenvalue weighted by Crippen LogP contribution is 2.36. The van der Waals surface area contributed by atoms with Gasteiger partial charge in [-0.2, -0.15) is 0 Å². The second-order valence-corrected chi connectivity index (χ2v) is 7.31. The summed E-state index contributed by atoms with van der Waals surface area (Å²) in [7, 11) is 0. The Bertz CT molecular complexity index is 770. The lowest BCUT2D eigenvalue weighted by molar-refractivity contribution is 0.127. The molecule has 23 heavy (non-hydrogen) atoms. The van der Waals surface area contributed by atoms with E-state index in [0.717, 1.165) is 36.0 Å². The zero-order valence-electron chi connectivity index (χ0n) is 13.6. The second-order valence-electron chi connectivity index (χ2n) is 6.25. The van der Waals surface area contributed by atoms with Crippen molar-refractivity contribution >= 4 is 21.6 Å². The van der Waals surface area contributed by atoms with Crippen molar-refractivity contribution < 1.29 is 4.42 Å². The number of aromatic nitrogens is 2. The van der Waals surface area contributed by atoms with Crippen molar-refractivity contribution in [1.82, 2.24) is 14.9 Å². The highest BCUT2D eigenvalue weighted by molar-refractivity contribution is 7.18. The van der Waals surface area contributed by atoms with Crippen LogP contribution < -0.4 is 0 Å². The van der Waals surface area contributed by atoms with Gasteiger partial charge in [0.05, 0.1) is 28.5 Å². The number of likely N-dealkylation sites (tertiary alicyclic amines) is 1. The molecule has 1 aliphatic heterocycles. The number of hydrogen-bond acceptors (Lipinski definition) is 5. The van der Waals surface area contributed by atoms with Gasteiger partial charge in [-0.3, -0.25) is 4.90 Å². The number of piperidine rings is 1. The molecule has 4 nitrogen and oxygen atoms in total. The van der Waals surface area contributed by atoms with Crippen LogP contribution in [0.3, 0.4) is 0 Å². The van der Waals surface area contributed by atoms with Crippen molar-refractivity contribution in [3.8, 4) is 0 Å². The van der Waals surface area contributed by atoms with Gasteiger partial charge in [0.25, 0.3) is 0 Å². The number of para-hydroxylation sites is 1. The fraction of sp³-hybridized carbons (Fsp3) is 0.444. The van der Waals surface area contributed by atoms with Crippen LogP contribution in [0, 0.1) is 13.8 Å². The summed E-state index contributed by atoms with van der Waals surface area (Å²) in [5.74, 6) is 1.75.